The Kier molecular flexibility index (Phi) is 6.94. The molecule has 1 aromatic carbocycles. The first-order chi connectivity index (χ1) is 14.7. The highest BCUT2D eigenvalue weighted by Gasteiger charge is 2.36. The molecule has 0 saturated carbocycles. The third-order valence-electron chi connectivity index (χ3n) is 4.67. The molecular formula is C22H19F6N3. The fourth-order valence-electron chi connectivity index (χ4n) is 3.19. The van der Waals surface area contributed by atoms with E-state index >= 15 is 0 Å². The molecule has 3 rings (SSSR count). The number of alkyl halides is 6. The molecule has 9 heteroatoms. The first-order valence-electron chi connectivity index (χ1n) is 9.49. The maximum atomic E-state index is 13.5. The van der Waals surface area contributed by atoms with Gasteiger partial charge in [0.1, 0.15) is 0 Å². The van der Waals surface area contributed by atoms with Crippen LogP contribution in [0.3, 0.4) is 0 Å². The van der Waals surface area contributed by atoms with E-state index in [0.717, 1.165) is 23.9 Å². The SMILES string of the molecule is FC(F)(F)c1ccc([C@H](NCCCc2ccccn2)c2ncccc2C(F)(F)F)cc1. The fraction of sp³-hybridized carbons (Fsp3) is 0.273. The quantitative estimate of drug-likeness (QED) is 0.372. The summed E-state index contributed by atoms with van der Waals surface area (Å²) in [5.41, 5.74) is -0.994. The van der Waals surface area contributed by atoms with Crippen molar-refractivity contribution in [3.05, 3.63) is 95.1 Å². The highest BCUT2D eigenvalue weighted by molar-refractivity contribution is 5.36. The Hall–Kier alpha value is -2.94. The molecule has 3 aromatic rings. The number of aromatic nitrogens is 2. The predicted molar refractivity (Wildman–Crippen MR) is 103 cm³/mol. The van der Waals surface area contributed by atoms with E-state index in [0.29, 0.717) is 19.4 Å². The number of hydrogen-bond acceptors (Lipinski definition) is 3. The van der Waals surface area contributed by atoms with Crippen molar-refractivity contribution in [2.75, 3.05) is 6.54 Å². The van der Waals surface area contributed by atoms with Crippen molar-refractivity contribution >= 4 is 0 Å². The number of hydrogen-bond donors (Lipinski definition) is 1. The summed E-state index contributed by atoms with van der Waals surface area (Å²) in [7, 11) is 0. The highest BCUT2D eigenvalue weighted by atomic mass is 19.4. The molecule has 2 aromatic heterocycles. The standard InChI is InChI=1S/C22H19F6N3/c23-21(24,25)16-10-8-15(9-11-16)19(20-18(22(26,27)28)7-4-14-31-20)30-13-3-6-17-5-1-2-12-29-17/h1-2,4-5,7-12,14,19,30H,3,6,13H2/t19-/m0/s1. The number of benzene rings is 1. The summed E-state index contributed by atoms with van der Waals surface area (Å²) in [6.45, 7) is 0.316. The van der Waals surface area contributed by atoms with Gasteiger partial charge in [-0.05, 0) is 61.3 Å². The van der Waals surface area contributed by atoms with Gasteiger partial charge in [0.05, 0.1) is 22.9 Å². The van der Waals surface area contributed by atoms with Crippen LogP contribution in [0.5, 0.6) is 0 Å². The van der Waals surface area contributed by atoms with Crippen molar-refractivity contribution in [3.8, 4) is 0 Å². The molecule has 0 spiro atoms. The lowest BCUT2D eigenvalue weighted by atomic mass is 9.97. The minimum Gasteiger partial charge on any atom is -0.305 e. The summed E-state index contributed by atoms with van der Waals surface area (Å²) >= 11 is 0. The van der Waals surface area contributed by atoms with Crippen LogP contribution in [0.2, 0.25) is 0 Å². The minimum atomic E-state index is -4.65. The van der Waals surface area contributed by atoms with E-state index in [9.17, 15) is 26.3 Å². The topological polar surface area (TPSA) is 37.8 Å². The molecule has 3 nitrogen and oxygen atoms in total. The predicted octanol–water partition coefficient (Wildman–Crippen LogP) is 5.83. The fourth-order valence-corrected chi connectivity index (χ4v) is 3.19. The average molecular weight is 439 g/mol. The van der Waals surface area contributed by atoms with Crippen LogP contribution in [0.4, 0.5) is 26.3 Å². The molecule has 1 N–H and O–H groups in total. The largest absolute Gasteiger partial charge is 0.418 e. The Balaban J connectivity index is 1.86. The van der Waals surface area contributed by atoms with E-state index in [1.165, 1.54) is 24.4 Å². The summed E-state index contributed by atoms with van der Waals surface area (Å²) in [6, 6.07) is 10.6. The van der Waals surface area contributed by atoms with E-state index in [1.54, 1.807) is 12.3 Å². The van der Waals surface area contributed by atoms with Crippen LogP contribution in [0, 0.1) is 0 Å². The maximum Gasteiger partial charge on any atom is 0.418 e. The second-order valence-corrected chi connectivity index (χ2v) is 6.87. The Labute approximate surface area is 175 Å². The Morgan fingerprint density at radius 3 is 2.10 bits per heavy atom. The number of pyridine rings is 2. The van der Waals surface area contributed by atoms with Crippen LogP contribution in [-0.2, 0) is 18.8 Å². The van der Waals surface area contributed by atoms with Crippen molar-refractivity contribution in [2.45, 2.75) is 31.2 Å². The molecule has 0 saturated heterocycles. The van der Waals surface area contributed by atoms with Crippen LogP contribution in [0.25, 0.3) is 0 Å². The first-order valence-corrected chi connectivity index (χ1v) is 9.49. The molecular weight excluding hydrogens is 420 g/mol. The van der Waals surface area contributed by atoms with Crippen molar-refractivity contribution in [1.82, 2.24) is 15.3 Å². The van der Waals surface area contributed by atoms with E-state index < -0.39 is 29.5 Å². The van der Waals surface area contributed by atoms with Crippen LogP contribution in [-0.4, -0.2) is 16.5 Å². The molecule has 0 unspecified atom stereocenters. The van der Waals surface area contributed by atoms with Gasteiger partial charge in [0, 0.05) is 18.1 Å². The molecule has 0 aliphatic rings. The third-order valence-corrected chi connectivity index (χ3v) is 4.67. The van der Waals surface area contributed by atoms with Gasteiger partial charge in [-0.25, -0.2) is 0 Å². The van der Waals surface area contributed by atoms with Gasteiger partial charge in [-0.3, -0.25) is 9.97 Å². The highest BCUT2D eigenvalue weighted by Crippen LogP contribution is 2.36. The van der Waals surface area contributed by atoms with Gasteiger partial charge in [0.15, 0.2) is 0 Å². The lowest BCUT2D eigenvalue weighted by Crippen LogP contribution is -2.27. The third kappa shape index (κ3) is 6.04. The van der Waals surface area contributed by atoms with Crippen LogP contribution in [0.15, 0.2) is 67.0 Å². The lowest BCUT2D eigenvalue weighted by Gasteiger charge is -2.23. The van der Waals surface area contributed by atoms with Gasteiger partial charge in [0.25, 0.3) is 0 Å². The second-order valence-electron chi connectivity index (χ2n) is 6.87. The number of nitrogens with one attached hydrogen (secondary N) is 1. The number of aryl methyl sites for hydroxylation is 1. The maximum absolute atomic E-state index is 13.5. The Morgan fingerprint density at radius 1 is 0.774 bits per heavy atom. The van der Waals surface area contributed by atoms with Crippen LogP contribution < -0.4 is 5.32 Å². The minimum absolute atomic E-state index is 0.259. The zero-order valence-corrected chi connectivity index (χ0v) is 16.2. The van der Waals surface area contributed by atoms with Gasteiger partial charge in [-0.2, -0.15) is 26.3 Å². The van der Waals surface area contributed by atoms with Crippen molar-refractivity contribution < 1.29 is 26.3 Å². The zero-order chi connectivity index (χ0) is 22.5. The van der Waals surface area contributed by atoms with Crippen LogP contribution in [0.1, 0.15) is 40.5 Å². The molecule has 0 aliphatic heterocycles. The van der Waals surface area contributed by atoms with Crippen molar-refractivity contribution in [3.63, 3.8) is 0 Å². The molecule has 2 heterocycles. The number of nitrogens with zero attached hydrogens (tertiary/aromatic N) is 2. The molecule has 1 atom stereocenters. The summed E-state index contributed by atoms with van der Waals surface area (Å²) in [5, 5.41) is 3.02. The van der Waals surface area contributed by atoms with Gasteiger partial charge < -0.3 is 5.32 Å². The summed E-state index contributed by atoms with van der Waals surface area (Å²) in [4.78, 5) is 8.11. The molecule has 0 fully saturated rings. The second kappa shape index (κ2) is 9.47. The van der Waals surface area contributed by atoms with Gasteiger partial charge in [-0.1, -0.05) is 18.2 Å². The summed E-state index contributed by atoms with van der Waals surface area (Å²) < 4.78 is 79.3. The molecule has 0 radical (unpaired) electrons. The van der Waals surface area contributed by atoms with E-state index in [4.69, 9.17) is 0 Å². The Morgan fingerprint density at radius 2 is 1.48 bits per heavy atom. The normalized spacial score (nSPS) is 13.2. The molecule has 164 valence electrons. The number of rotatable bonds is 7. The van der Waals surface area contributed by atoms with Crippen molar-refractivity contribution in [2.24, 2.45) is 0 Å². The van der Waals surface area contributed by atoms with Crippen molar-refractivity contribution in [1.29, 1.82) is 0 Å². The molecule has 0 amide bonds. The molecule has 0 bridgehead atoms. The van der Waals surface area contributed by atoms with E-state index in [-0.39, 0.29) is 11.3 Å². The van der Waals surface area contributed by atoms with Gasteiger partial charge in [-0.15, -0.1) is 0 Å². The molecule has 0 aliphatic carbocycles. The molecule has 31 heavy (non-hydrogen) atoms. The van der Waals surface area contributed by atoms with Gasteiger partial charge >= 0.3 is 12.4 Å². The average Bonchev–Trinajstić information content (AvgIpc) is 2.73. The lowest BCUT2D eigenvalue weighted by molar-refractivity contribution is -0.139. The number of halogens is 6. The monoisotopic (exact) mass is 439 g/mol. The summed E-state index contributed by atoms with van der Waals surface area (Å²) in [5.74, 6) is 0. The zero-order valence-electron chi connectivity index (χ0n) is 16.2. The van der Waals surface area contributed by atoms with E-state index in [2.05, 4.69) is 15.3 Å². The van der Waals surface area contributed by atoms with Gasteiger partial charge in [0.2, 0.25) is 0 Å². The van der Waals surface area contributed by atoms with Crippen LogP contribution >= 0.6 is 0 Å². The summed E-state index contributed by atoms with van der Waals surface area (Å²) in [6.07, 6.45) is -5.13. The first kappa shape index (κ1) is 22.7. The van der Waals surface area contributed by atoms with E-state index in [1.807, 2.05) is 12.1 Å². The Bertz CT molecular complexity index is 969. The smallest absolute Gasteiger partial charge is 0.305 e.